The molecule has 0 amide bonds. The molecule has 0 bridgehead atoms. The van der Waals surface area contributed by atoms with E-state index in [1.807, 2.05) is 18.2 Å². The van der Waals surface area contributed by atoms with E-state index in [9.17, 15) is 4.79 Å². The lowest BCUT2D eigenvalue weighted by Gasteiger charge is -2.29. The number of nitrogens with zero attached hydrogens (tertiary/aromatic N) is 2. The molecule has 2 heterocycles. The quantitative estimate of drug-likeness (QED) is 0.886. The van der Waals surface area contributed by atoms with Crippen molar-refractivity contribution in [2.24, 2.45) is 5.92 Å². The van der Waals surface area contributed by atoms with E-state index in [0.29, 0.717) is 5.02 Å². The lowest BCUT2D eigenvalue weighted by molar-refractivity contribution is -0.147. The van der Waals surface area contributed by atoms with Gasteiger partial charge in [-0.3, -0.25) is 9.69 Å². The molecular weight excluding hydrogens is 290 g/mol. The SMILES string of the molecule is COC(=O)C1CCN(Cc2nc3ccc(Cl)cc3[nH]2)CC1. The van der Waals surface area contributed by atoms with Crippen LogP contribution in [0.5, 0.6) is 0 Å². The van der Waals surface area contributed by atoms with E-state index < -0.39 is 0 Å². The summed E-state index contributed by atoms with van der Waals surface area (Å²) in [4.78, 5) is 21.7. The number of fused-ring (bicyclic) bond motifs is 1. The van der Waals surface area contributed by atoms with Crippen LogP contribution in [-0.4, -0.2) is 41.0 Å². The molecule has 3 rings (SSSR count). The smallest absolute Gasteiger partial charge is 0.308 e. The first-order chi connectivity index (χ1) is 10.2. The maximum absolute atomic E-state index is 11.5. The minimum absolute atomic E-state index is 0.0423. The molecule has 1 fully saturated rings. The van der Waals surface area contributed by atoms with Crippen molar-refractivity contribution in [1.82, 2.24) is 14.9 Å². The minimum Gasteiger partial charge on any atom is -0.469 e. The number of rotatable bonds is 3. The van der Waals surface area contributed by atoms with Gasteiger partial charge < -0.3 is 9.72 Å². The van der Waals surface area contributed by atoms with E-state index in [1.165, 1.54) is 7.11 Å². The van der Waals surface area contributed by atoms with Crippen molar-refractivity contribution in [3.8, 4) is 0 Å². The predicted octanol–water partition coefficient (Wildman–Crippen LogP) is 2.60. The summed E-state index contributed by atoms with van der Waals surface area (Å²) in [5.41, 5.74) is 1.89. The number of nitrogens with one attached hydrogen (secondary N) is 1. The third kappa shape index (κ3) is 3.19. The maximum Gasteiger partial charge on any atom is 0.308 e. The van der Waals surface area contributed by atoms with Gasteiger partial charge >= 0.3 is 5.97 Å². The van der Waals surface area contributed by atoms with Crippen molar-refractivity contribution in [2.75, 3.05) is 20.2 Å². The number of ether oxygens (including phenoxy) is 1. The number of benzene rings is 1. The third-order valence-corrected chi connectivity index (χ3v) is 4.22. The first kappa shape index (κ1) is 14.4. The van der Waals surface area contributed by atoms with Gasteiger partial charge in [-0.15, -0.1) is 0 Å². The molecule has 6 heteroatoms. The molecule has 1 aliphatic rings. The van der Waals surface area contributed by atoms with Crippen molar-refractivity contribution in [2.45, 2.75) is 19.4 Å². The summed E-state index contributed by atoms with van der Waals surface area (Å²) < 4.78 is 4.81. The van der Waals surface area contributed by atoms with E-state index >= 15 is 0 Å². The number of esters is 1. The fourth-order valence-corrected chi connectivity index (χ4v) is 2.99. The number of hydrogen-bond acceptors (Lipinski definition) is 4. The first-order valence-corrected chi connectivity index (χ1v) is 7.48. The van der Waals surface area contributed by atoms with Gasteiger partial charge in [-0.1, -0.05) is 11.6 Å². The number of methoxy groups -OCH3 is 1. The van der Waals surface area contributed by atoms with E-state index in [4.69, 9.17) is 16.3 Å². The van der Waals surface area contributed by atoms with Crippen LogP contribution in [0, 0.1) is 5.92 Å². The normalized spacial score (nSPS) is 17.2. The Kier molecular flexibility index (Phi) is 4.12. The minimum atomic E-state index is -0.0898. The number of imidazole rings is 1. The molecule has 112 valence electrons. The summed E-state index contributed by atoms with van der Waals surface area (Å²) in [6.45, 7) is 2.54. The molecule has 2 aromatic rings. The number of aromatic nitrogens is 2. The molecule has 0 radical (unpaired) electrons. The second-order valence-electron chi connectivity index (χ2n) is 5.42. The lowest BCUT2D eigenvalue weighted by atomic mass is 9.97. The van der Waals surface area contributed by atoms with Crippen LogP contribution in [0.3, 0.4) is 0 Å². The van der Waals surface area contributed by atoms with Gasteiger partial charge in [-0.05, 0) is 44.1 Å². The summed E-state index contributed by atoms with van der Waals surface area (Å²) in [5.74, 6) is 0.887. The maximum atomic E-state index is 11.5. The first-order valence-electron chi connectivity index (χ1n) is 7.10. The predicted molar refractivity (Wildman–Crippen MR) is 81.1 cm³/mol. The summed E-state index contributed by atoms with van der Waals surface area (Å²) in [7, 11) is 1.45. The molecule has 5 nitrogen and oxygen atoms in total. The highest BCUT2D eigenvalue weighted by Crippen LogP contribution is 2.21. The van der Waals surface area contributed by atoms with Gasteiger partial charge in [0.1, 0.15) is 5.82 Å². The molecule has 0 atom stereocenters. The fourth-order valence-electron chi connectivity index (χ4n) is 2.81. The van der Waals surface area contributed by atoms with Gasteiger partial charge in [-0.25, -0.2) is 4.98 Å². The van der Waals surface area contributed by atoms with Gasteiger partial charge in [0.2, 0.25) is 0 Å². The Morgan fingerprint density at radius 1 is 1.48 bits per heavy atom. The molecule has 1 aromatic carbocycles. The molecule has 1 N–H and O–H groups in total. The number of piperidine rings is 1. The molecule has 1 saturated heterocycles. The second-order valence-corrected chi connectivity index (χ2v) is 5.85. The van der Waals surface area contributed by atoms with Crippen molar-refractivity contribution in [3.63, 3.8) is 0 Å². The van der Waals surface area contributed by atoms with Crippen LogP contribution < -0.4 is 0 Å². The number of halogens is 1. The van der Waals surface area contributed by atoms with Crippen LogP contribution in [0.1, 0.15) is 18.7 Å². The summed E-state index contributed by atoms with van der Waals surface area (Å²) in [5, 5.41) is 0.705. The fraction of sp³-hybridized carbons (Fsp3) is 0.467. The zero-order valence-corrected chi connectivity index (χ0v) is 12.7. The Morgan fingerprint density at radius 3 is 2.95 bits per heavy atom. The Bertz CT molecular complexity index is 647. The monoisotopic (exact) mass is 307 g/mol. The molecule has 0 unspecified atom stereocenters. The summed E-state index contributed by atoms with van der Waals surface area (Å²) >= 11 is 5.98. The van der Waals surface area contributed by atoms with Crippen molar-refractivity contribution in [1.29, 1.82) is 0 Å². The zero-order valence-electron chi connectivity index (χ0n) is 11.9. The Labute approximate surface area is 128 Å². The topological polar surface area (TPSA) is 58.2 Å². The van der Waals surface area contributed by atoms with Crippen LogP contribution in [-0.2, 0) is 16.1 Å². The van der Waals surface area contributed by atoms with Gasteiger partial charge in [0.05, 0.1) is 30.6 Å². The highest BCUT2D eigenvalue weighted by atomic mass is 35.5. The Hall–Kier alpha value is -1.59. The van der Waals surface area contributed by atoms with Gasteiger partial charge in [0.25, 0.3) is 0 Å². The highest BCUT2D eigenvalue weighted by Gasteiger charge is 2.25. The summed E-state index contributed by atoms with van der Waals surface area (Å²) in [6.07, 6.45) is 1.69. The zero-order chi connectivity index (χ0) is 14.8. The number of likely N-dealkylation sites (tertiary alicyclic amines) is 1. The van der Waals surface area contributed by atoms with Gasteiger partial charge in [0.15, 0.2) is 0 Å². The third-order valence-electron chi connectivity index (χ3n) is 3.99. The molecule has 0 aliphatic carbocycles. The van der Waals surface area contributed by atoms with Crippen LogP contribution >= 0.6 is 11.6 Å². The largest absolute Gasteiger partial charge is 0.469 e. The Morgan fingerprint density at radius 2 is 2.24 bits per heavy atom. The lowest BCUT2D eigenvalue weighted by Crippen LogP contribution is -2.36. The second kappa shape index (κ2) is 6.03. The van der Waals surface area contributed by atoms with Crippen molar-refractivity contribution >= 4 is 28.6 Å². The van der Waals surface area contributed by atoms with E-state index in [2.05, 4.69) is 14.9 Å². The van der Waals surface area contributed by atoms with Gasteiger partial charge in [0, 0.05) is 5.02 Å². The van der Waals surface area contributed by atoms with Crippen LogP contribution in [0.2, 0.25) is 5.02 Å². The average Bonchev–Trinajstić information content (AvgIpc) is 2.88. The number of H-pyrrole nitrogens is 1. The molecule has 1 aliphatic heterocycles. The number of hydrogen-bond donors (Lipinski definition) is 1. The van der Waals surface area contributed by atoms with Gasteiger partial charge in [-0.2, -0.15) is 0 Å². The standard InChI is InChI=1S/C15H18ClN3O2/c1-21-15(20)10-4-6-19(7-5-10)9-14-17-12-3-2-11(16)8-13(12)18-14/h2-3,8,10H,4-7,9H2,1H3,(H,17,18). The van der Waals surface area contributed by atoms with Crippen LogP contribution in [0.15, 0.2) is 18.2 Å². The Balaban J connectivity index is 1.63. The van der Waals surface area contributed by atoms with E-state index in [0.717, 1.165) is 49.3 Å². The molecular formula is C15H18ClN3O2. The molecule has 0 spiro atoms. The van der Waals surface area contributed by atoms with Crippen LogP contribution in [0.4, 0.5) is 0 Å². The average molecular weight is 308 g/mol. The summed E-state index contributed by atoms with van der Waals surface area (Å²) in [6, 6.07) is 5.65. The molecule has 0 saturated carbocycles. The molecule has 21 heavy (non-hydrogen) atoms. The highest BCUT2D eigenvalue weighted by molar-refractivity contribution is 6.31. The van der Waals surface area contributed by atoms with E-state index in [1.54, 1.807) is 0 Å². The van der Waals surface area contributed by atoms with E-state index in [-0.39, 0.29) is 11.9 Å². The number of carbonyl (C=O) groups excluding carboxylic acids is 1. The van der Waals surface area contributed by atoms with Crippen molar-refractivity contribution < 1.29 is 9.53 Å². The number of carbonyl (C=O) groups is 1. The molecule has 1 aromatic heterocycles. The number of aromatic amines is 1. The van der Waals surface area contributed by atoms with Crippen molar-refractivity contribution in [3.05, 3.63) is 29.0 Å². The van der Waals surface area contributed by atoms with Crippen LogP contribution in [0.25, 0.3) is 11.0 Å².